The molecule has 30 heavy (non-hydrogen) atoms. The van der Waals surface area contributed by atoms with E-state index in [1.54, 1.807) is 13.3 Å². The topological polar surface area (TPSA) is 67.8 Å². The summed E-state index contributed by atoms with van der Waals surface area (Å²) in [7, 11) is -2.13. The third-order valence-corrected chi connectivity index (χ3v) is 7.48. The van der Waals surface area contributed by atoms with Gasteiger partial charge in [-0.3, -0.25) is 0 Å². The highest BCUT2D eigenvalue weighted by molar-refractivity contribution is 7.89. The Bertz CT molecular complexity index is 794. The summed E-state index contributed by atoms with van der Waals surface area (Å²) in [5.41, 5.74) is 2.87. The first-order valence-corrected chi connectivity index (χ1v) is 12.8. The van der Waals surface area contributed by atoms with Gasteiger partial charge in [0, 0.05) is 7.11 Å². The Morgan fingerprint density at radius 2 is 1.50 bits per heavy atom. The monoisotopic (exact) mass is 436 g/mol. The zero-order valence-electron chi connectivity index (χ0n) is 19.7. The molecule has 1 aliphatic rings. The zero-order chi connectivity index (χ0) is 22.5. The lowest BCUT2D eigenvalue weighted by Crippen LogP contribution is -2.29. The second-order valence-corrected chi connectivity index (χ2v) is 11.1. The van der Waals surface area contributed by atoms with Crippen molar-refractivity contribution in [3.05, 3.63) is 28.8 Å². The summed E-state index contributed by atoms with van der Waals surface area (Å²) in [6.45, 7) is 12.4. The Balaban J connectivity index is 2.38. The van der Waals surface area contributed by atoms with Crippen molar-refractivity contribution in [2.24, 2.45) is 11.0 Å². The van der Waals surface area contributed by atoms with Crippen LogP contribution in [0.3, 0.4) is 0 Å². The molecule has 2 rings (SSSR count). The lowest BCUT2D eigenvalue weighted by Gasteiger charge is -2.26. The number of methoxy groups -OCH3 is 1. The number of rotatable bonds is 9. The molecule has 1 aromatic rings. The van der Waals surface area contributed by atoms with Crippen LogP contribution in [0.15, 0.2) is 22.1 Å². The number of sulfonamides is 1. The first kappa shape index (κ1) is 24.9. The molecule has 0 aliphatic heterocycles. The average molecular weight is 437 g/mol. The van der Waals surface area contributed by atoms with Crippen molar-refractivity contribution in [1.29, 1.82) is 0 Å². The molecule has 0 radical (unpaired) electrons. The molecule has 1 N–H and O–H groups in total. The third kappa shape index (κ3) is 6.07. The van der Waals surface area contributed by atoms with Crippen molar-refractivity contribution in [2.45, 2.75) is 102 Å². The summed E-state index contributed by atoms with van der Waals surface area (Å²) in [5.74, 6) is 0.914. The zero-order valence-corrected chi connectivity index (χ0v) is 20.6. The fraction of sp³-hybridized carbons (Fsp3) is 0.708. The van der Waals surface area contributed by atoms with Gasteiger partial charge in [0.1, 0.15) is 0 Å². The van der Waals surface area contributed by atoms with Crippen LogP contribution in [-0.2, 0) is 14.8 Å². The van der Waals surface area contributed by atoms with Gasteiger partial charge in [0.25, 0.3) is 10.0 Å². The minimum Gasteiger partial charge on any atom is -0.375 e. The van der Waals surface area contributed by atoms with Gasteiger partial charge in [0.2, 0.25) is 0 Å². The number of nitrogens with one attached hydrogen (secondary N) is 1. The Morgan fingerprint density at radius 1 is 0.967 bits per heavy atom. The second kappa shape index (κ2) is 10.8. The molecule has 1 saturated carbocycles. The van der Waals surface area contributed by atoms with E-state index in [0.717, 1.165) is 24.0 Å². The van der Waals surface area contributed by atoms with Crippen molar-refractivity contribution >= 4 is 16.2 Å². The van der Waals surface area contributed by atoms with Crippen LogP contribution in [0.5, 0.6) is 0 Å². The Kier molecular flexibility index (Phi) is 8.92. The van der Waals surface area contributed by atoms with Gasteiger partial charge in [-0.2, -0.15) is 13.5 Å². The number of hydrogen-bond donors (Lipinski definition) is 1. The van der Waals surface area contributed by atoms with E-state index in [1.807, 2.05) is 39.8 Å². The minimum absolute atomic E-state index is 0.0886. The normalized spacial score (nSPS) is 17.4. The van der Waals surface area contributed by atoms with E-state index in [2.05, 4.69) is 23.8 Å². The molecule has 0 bridgehead atoms. The fourth-order valence-electron chi connectivity index (χ4n) is 4.26. The SMILES string of the molecule is COC(C=NNS(=O)(=O)c1c(C(C)C)cc(C(C)C)cc1C(C)C)C1CCCCC1. The molecule has 0 heterocycles. The van der Waals surface area contributed by atoms with E-state index in [9.17, 15) is 8.42 Å². The predicted molar refractivity (Wildman–Crippen MR) is 125 cm³/mol. The maximum atomic E-state index is 13.3. The van der Waals surface area contributed by atoms with Crippen molar-refractivity contribution < 1.29 is 13.2 Å². The molecule has 1 aliphatic carbocycles. The standard InChI is InChI=1S/C24H40N2O3S/c1-16(2)20-13-21(17(3)4)24(22(14-20)18(5)6)30(27,28)26-25-15-23(29-7)19-11-9-8-10-12-19/h13-19,23,26H,8-12H2,1-7H3. The summed E-state index contributed by atoms with van der Waals surface area (Å²) in [5, 5.41) is 4.14. The lowest BCUT2D eigenvalue weighted by atomic mass is 9.85. The molecular weight excluding hydrogens is 396 g/mol. The minimum atomic E-state index is -3.79. The van der Waals surface area contributed by atoms with Crippen molar-refractivity contribution in [3.8, 4) is 0 Å². The summed E-state index contributed by atoms with van der Waals surface area (Å²) in [6, 6.07) is 4.08. The van der Waals surface area contributed by atoms with Crippen LogP contribution in [-0.4, -0.2) is 27.8 Å². The molecule has 0 saturated heterocycles. The average Bonchev–Trinajstić information content (AvgIpc) is 2.70. The van der Waals surface area contributed by atoms with Crippen LogP contribution in [0.2, 0.25) is 0 Å². The van der Waals surface area contributed by atoms with E-state index in [0.29, 0.717) is 16.7 Å². The fourth-order valence-corrected chi connectivity index (χ4v) is 5.76. The maximum Gasteiger partial charge on any atom is 0.277 e. The number of hydrazone groups is 1. The number of benzene rings is 1. The smallest absolute Gasteiger partial charge is 0.277 e. The first-order valence-electron chi connectivity index (χ1n) is 11.3. The Labute approximate surface area is 183 Å². The molecule has 5 nitrogen and oxygen atoms in total. The van der Waals surface area contributed by atoms with Crippen molar-refractivity contribution in [3.63, 3.8) is 0 Å². The van der Waals surface area contributed by atoms with E-state index >= 15 is 0 Å². The highest BCUT2D eigenvalue weighted by atomic mass is 32.2. The largest absolute Gasteiger partial charge is 0.375 e. The molecule has 0 spiro atoms. The van der Waals surface area contributed by atoms with Gasteiger partial charge < -0.3 is 4.74 Å². The number of nitrogens with zero attached hydrogens (tertiary/aromatic N) is 1. The highest BCUT2D eigenvalue weighted by Gasteiger charge is 2.27. The van der Waals surface area contributed by atoms with Crippen LogP contribution in [0.25, 0.3) is 0 Å². The molecule has 0 aromatic heterocycles. The van der Waals surface area contributed by atoms with Crippen LogP contribution in [0, 0.1) is 5.92 Å². The number of ether oxygens (including phenoxy) is 1. The lowest BCUT2D eigenvalue weighted by molar-refractivity contribution is 0.0893. The Hall–Kier alpha value is -1.40. The van der Waals surface area contributed by atoms with E-state index < -0.39 is 10.0 Å². The van der Waals surface area contributed by atoms with Crippen LogP contribution < -0.4 is 4.83 Å². The van der Waals surface area contributed by atoms with Gasteiger partial charge in [-0.25, -0.2) is 4.83 Å². The van der Waals surface area contributed by atoms with Gasteiger partial charge in [-0.1, -0.05) is 72.9 Å². The molecule has 1 aromatic carbocycles. The van der Waals surface area contributed by atoms with Gasteiger partial charge >= 0.3 is 0 Å². The van der Waals surface area contributed by atoms with E-state index in [4.69, 9.17) is 4.74 Å². The van der Waals surface area contributed by atoms with Crippen LogP contribution in [0.1, 0.15) is 108 Å². The van der Waals surface area contributed by atoms with Crippen molar-refractivity contribution in [2.75, 3.05) is 7.11 Å². The Morgan fingerprint density at radius 3 is 1.93 bits per heavy atom. The van der Waals surface area contributed by atoms with Gasteiger partial charge in [-0.05, 0) is 53.2 Å². The summed E-state index contributed by atoms with van der Waals surface area (Å²) in [6.07, 6.45) is 7.32. The predicted octanol–water partition coefficient (Wildman–Crippen LogP) is 5.92. The van der Waals surface area contributed by atoms with Crippen molar-refractivity contribution in [1.82, 2.24) is 4.83 Å². The summed E-state index contributed by atoms with van der Waals surface area (Å²) < 4.78 is 32.3. The highest BCUT2D eigenvalue weighted by Crippen LogP contribution is 2.35. The second-order valence-electron chi connectivity index (χ2n) is 9.46. The van der Waals surface area contributed by atoms with Crippen LogP contribution >= 0.6 is 0 Å². The van der Waals surface area contributed by atoms with Gasteiger partial charge in [0.15, 0.2) is 0 Å². The molecule has 1 fully saturated rings. The van der Waals surface area contributed by atoms with E-state index in [-0.39, 0.29) is 17.9 Å². The third-order valence-electron chi connectivity index (χ3n) is 6.13. The molecule has 170 valence electrons. The number of hydrogen-bond acceptors (Lipinski definition) is 4. The molecule has 0 amide bonds. The molecule has 1 unspecified atom stereocenters. The maximum absolute atomic E-state index is 13.3. The van der Waals surface area contributed by atoms with Crippen LogP contribution in [0.4, 0.5) is 0 Å². The van der Waals surface area contributed by atoms with E-state index in [1.165, 1.54) is 24.8 Å². The molecular formula is C24H40N2O3S. The quantitative estimate of drug-likeness (QED) is 0.386. The first-order chi connectivity index (χ1) is 14.1. The van der Waals surface area contributed by atoms with Gasteiger partial charge in [-0.15, -0.1) is 0 Å². The summed E-state index contributed by atoms with van der Waals surface area (Å²) in [4.78, 5) is 2.86. The molecule has 6 heteroatoms. The van der Waals surface area contributed by atoms with Gasteiger partial charge in [0.05, 0.1) is 17.2 Å². The summed E-state index contributed by atoms with van der Waals surface area (Å²) >= 11 is 0. The molecule has 1 atom stereocenters.